The molecule has 1 saturated heterocycles. The molecule has 1 aliphatic carbocycles. The summed E-state index contributed by atoms with van der Waals surface area (Å²) in [7, 11) is 0. The van der Waals surface area contributed by atoms with Crippen LogP contribution in [0.25, 0.3) is 0 Å². The van der Waals surface area contributed by atoms with Crippen molar-refractivity contribution in [1.29, 1.82) is 0 Å². The Morgan fingerprint density at radius 1 is 1.11 bits per heavy atom. The predicted molar refractivity (Wildman–Crippen MR) is 73.7 cm³/mol. The molecular formula is C15H29NO2. The average molecular weight is 255 g/mol. The van der Waals surface area contributed by atoms with Crippen LogP contribution in [0.2, 0.25) is 0 Å². The van der Waals surface area contributed by atoms with Crippen molar-refractivity contribution in [2.45, 2.75) is 75.9 Å². The van der Waals surface area contributed by atoms with Crippen LogP contribution in [0.3, 0.4) is 0 Å². The highest BCUT2D eigenvalue weighted by Crippen LogP contribution is 2.26. The van der Waals surface area contributed by atoms with Crippen molar-refractivity contribution in [2.24, 2.45) is 0 Å². The van der Waals surface area contributed by atoms with E-state index in [1.165, 1.54) is 51.4 Å². The van der Waals surface area contributed by atoms with Gasteiger partial charge in [0, 0.05) is 13.2 Å². The lowest BCUT2D eigenvalue weighted by molar-refractivity contribution is 0.0251. The Bertz CT molecular complexity index is 219. The second-order valence-corrected chi connectivity index (χ2v) is 6.09. The zero-order valence-corrected chi connectivity index (χ0v) is 11.6. The molecule has 0 aromatic rings. The third-order valence-electron chi connectivity index (χ3n) is 4.39. The Kier molecular flexibility index (Phi) is 5.93. The molecule has 0 spiro atoms. The quantitative estimate of drug-likeness (QED) is 0.566. The Morgan fingerprint density at radius 3 is 2.56 bits per heavy atom. The first-order valence-electron chi connectivity index (χ1n) is 7.83. The van der Waals surface area contributed by atoms with Crippen molar-refractivity contribution < 1.29 is 9.84 Å². The van der Waals surface area contributed by atoms with Gasteiger partial charge in [-0.2, -0.15) is 0 Å². The highest BCUT2D eigenvalue weighted by molar-refractivity contribution is 4.83. The van der Waals surface area contributed by atoms with E-state index < -0.39 is 5.60 Å². The Morgan fingerprint density at radius 2 is 1.89 bits per heavy atom. The van der Waals surface area contributed by atoms with Gasteiger partial charge in [0.05, 0.1) is 11.7 Å². The maximum atomic E-state index is 10.5. The average Bonchev–Trinajstić information content (AvgIpc) is 2.78. The molecule has 18 heavy (non-hydrogen) atoms. The molecule has 2 aliphatic rings. The summed E-state index contributed by atoms with van der Waals surface area (Å²) in [6, 6.07) is 0. The Hall–Kier alpha value is -0.120. The SMILES string of the molecule is OC1(CNCCCC2CCCO2)CCCCCC1. The molecule has 0 radical (unpaired) electrons. The van der Waals surface area contributed by atoms with Gasteiger partial charge < -0.3 is 15.2 Å². The third kappa shape index (κ3) is 4.87. The van der Waals surface area contributed by atoms with E-state index in [0.717, 1.165) is 32.5 Å². The summed E-state index contributed by atoms with van der Waals surface area (Å²) in [6.07, 6.45) is 12.2. The van der Waals surface area contributed by atoms with Crippen molar-refractivity contribution in [3.8, 4) is 0 Å². The number of nitrogens with one attached hydrogen (secondary N) is 1. The van der Waals surface area contributed by atoms with E-state index >= 15 is 0 Å². The first kappa shape index (κ1) is 14.3. The smallest absolute Gasteiger partial charge is 0.0771 e. The molecule has 1 saturated carbocycles. The van der Waals surface area contributed by atoms with Gasteiger partial charge in [0.25, 0.3) is 0 Å². The van der Waals surface area contributed by atoms with E-state index in [1.807, 2.05) is 0 Å². The summed E-state index contributed by atoms with van der Waals surface area (Å²) >= 11 is 0. The van der Waals surface area contributed by atoms with E-state index in [-0.39, 0.29) is 0 Å². The minimum absolute atomic E-state index is 0.430. The van der Waals surface area contributed by atoms with Gasteiger partial charge in [0.15, 0.2) is 0 Å². The number of hydrogen-bond donors (Lipinski definition) is 2. The van der Waals surface area contributed by atoms with Gasteiger partial charge in [-0.1, -0.05) is 25.7 Å². The van der Waals surface area contributed by atoms with Crippen LogP contribution in [0.1, 0.15) is 64.2 Å². The summed E-state index contributed by atoms with van der Waals surface area (Å²) in [5, 5.41) is 13.9. The standard InChI is InChI=1S/C15H29NO2/c17-15(9-3-1-2-4-10-15)13-16-11-5-7-14-8-6-12-18-14/h14,16-17H,1-13H2. The molecular weight excluding hydrogens is 226 g/mol. The van der Waals surface area contributed by atoms with E-state index in [2.05, 4.69) is 5.32 Å². The zero-order valence-electron chi connectivity index (χ0n) is 11.6. The molecule has 3 nitrogen and oxygen atoms in total. The van der Waals surface area contributed by atoms with Crippen LogP contribution < -0.4 is 5.32 Å². The minimum atomic E-state index is -0.430. The first-order chi connectivity index (χ1) is 8.79. The predicted octanol–water partition coefficient (Wildman–Crippen LogP) is 2.62. The van der Waals surface area contributed by atoms with Crippen molar-refractivity contribution in [2.75, 3.05) is 19.7 Å². The lowest BCUT2D eigenvalue weighted by atomic mass is 9.94. The van der Waals surface area contributed by atoms with Crippen LogP contribution >= 0.6 is 0 Å². The fourth-order valence-corrected chi connectivity index (χ4v) is 3.21. The molecule has 1 unspecified atom stereocenters. The number of hydrogen-bond acceptors (Lipinski definition) is 3. The summed E-state index contributed by atoms with van der Waals surface area (Å²) in [5.74, 6) is 0. The van der Waals surface area contributed by atoms with E-state index in [9.17, 15) is 5.11 Å². The third-order valence-corrected chi connectivity index (χ3v) is 4.39. The first-order valence-corrected chi connectivity index (χ1v) is 7.83. The van der Waals surface area contributed by atoms with Crippen LogP contribution in [-0.4, -0.2) is 36.5 Å². The normalized spacial score (nSPS) is 28.2. The topological polar surface area (TPSA) is 41.5 Å². The van der Waals surface area contributed by atoms with Gasteiger partial charge in [-0.15, -0.1) is 0 Å². The van der Waals surface area contributed by atoms with Crippen LogP contribution in [-0.2, 0) is 4.74 Å². The number of rotatable bonds is 6. The fraction of sp³-hybridized carbons (Fsp3) is 1.00. The van der Waals surface area contributed by atoms with Gasteiger partial charge in [-0.05, 0) is 45.1 Å². The lowest BCUT2D eigenvalue weighted by Crippen LogP contribution is -2.40. The van der Waals surface area contributed by atoms with Crippen molar-refractivity contribution in [3.05, 3.63) is 0 Å². The molecule has 1 atom stereocenters. The molecule has 1 aliphatic heterocycles. The van der Waals surface area contributed by atoms with Crippen LogP contribution in [0.5, 0.6) is 0 Å². The highest BCUT2D eigenvalue weighted by atomic mass is 16.5. The molecule has 1 heterocycles. The Labute approximate surface area is 111 Å². The number of ether oxygens (including phenoxy) is 1. The summed E-state index contributed by atoms with van der Waals surface area (Å²) < 4.78 is 5.61. The van der Waals surface area contributed by atoms with Gasteiger partial charge in [0.1, 0.15) is 0 Å². The largest absolute Gasteiger partial charge is 0.389 e. The maximum absolute atomic E-state index is 10.5. The van der Waals surface area contributed by atoms with Crippen molar-refractivity contribution in [1.82, 2.24) is 5.32 Å². The molecule has 0 bridgehead atoms. The molecule has 0 aromatic heterocycles. The molecule has 0 aromatic carbocycles. The molecule has 2 fully saturated rings. The van der Waals surface area contributed by atoms with Gasteiger partial charge in [-0.25, -0.2) is 0 Å². The molecule has 3 heteroatoms. The molecule has 106 valence electrons. The summed E-state index contributed by atoms with van der Waals surface area (Å²) in [4.78, 5) is 0. The van der Waals surface area contributed by atoms with Crippen LogP contribution in [0, 0.1) is 0 Å². The van der Waals surface area contributed by atoms with E-state index in [4.69, 9.17) is 4.74 Å². The second kappa shape index (κ2) is 7.46. The lowest BCUT2D eigenvalue weighted by Gasteiger charge is -2.27. The van der Waals surface area contributed by atoms with Gasteiger partial charge in [-0.3, -0.25) is 0 Å². The van der Waals surface area contributed by atoms with Crippen molar-refractivity contribution >= 4 is 0 Å². The fourth-order valence-electron chi connectivity index (χ4n) is 3.21. The van der Waals surface area contributed by atoms with Gasteiger partial charge in [0.2, 0.25) is 0 Å². The monoisotopic (exact) mass is 255 g/mol. The highest BCUT2D eigenvalue weighted by Gasteiger charge is 2.27. The zero-order chi connectivity index (χ0) is 12.7. The van der Waals surface area contributed by atoms with Crippen molar-refractivity contribution in [3.63, 3.8) is 0 Å². The maximum Gasteiger partial charge on any atom is 0.0771 e. The van der Waals surface area contributed by atoms with Gasteiger partial charge >= 0.3 is 0 Å². The second-order valence-electron chi connectivity index (χ2n) is 6.09. The Balaban J connectivity index is 1.53. The molecule has 2 rings (SSSR count). The van der Waals surface area contributed by atoms with E-state index in [1.54, 1.807) is 0 Å². The molecule has 2 N–H and O–H groups in total. The molecule has 0 amide bonds. The summed E-state index contributed by atoms with van der Waals surface area (Å²) in [5.41, 5.74) is -0.430. The number of aliphatic hydroxyl groups is 1. The van der Waals surface area contributed by atoms with E-state index in [0.29, 0.717) is 6.10 Å². The van der Waals surface area contributed by atoms with Crippen LogP contribution in [0.4, 0.5) is 0 Å². The van der Waals surface area contributed by atoms with Crippen LogP contribution in [0.15, 0.2) is 0 Å². The minimum Gasteiger partial charge on any atom is -0.389 e. The summed E-state index contributed by atoms with van der Waals surface area (Å²) in [6.45, 7) is 2.75.